The molecule has 2 aliphatic carbocycles. The molecule has 0 aromatic heterocycles. The van der Waals surface area contributed by atoms with Gasteiger partial charge in [0.1, 0.15) is 17.6 Å². The van der Waals surface area contributed by atoms with E-state index in [0.717, 1.165) is 75.3 Å². The van der Waals surface area contributed by atoms with E-state index >= 15 is 0 Å². The Hall–Kier alpha value is -2.43. The molecule has 1 aromatic rings. The van der Waals surface area contributed by atoms with Crippen molar-refractivity contribution in [2.24, 2.45) is 5.92 Å². The maximum atomic E-state index is 12.8. The summed E-state index contributed by atoms with van der Waals surface area (Å²) in [6.07, 6.45) is 11.7. The Morgan fingerprint density at radius 1 is 1.21 bits per heavy atom. The predicted molar refractivity (Wildman–Crippen MR) is 137 cm³/mol. The second-order valence-corrected chi connectivity index (χ2v) is 10.4. The number of aryl methyl sites for hydroxylation is 1. The van der Waals surface area contributed by atoms with E-state index in [1.807, 2.05) is 13.0 Å². The quantitative estimate of drug-likeness (QED) is 0.293. The summed E-state index contributed by atoms with van der Waals surface area (Å²) in [6, 6.07) is 1.81. The molecule has 1 fully saturated rings. The normalized spacial score (nSPS) is 20.8. The summed E-state index contributed by atoms with van der Waals surface area (Å²) in [6.45, 7) is 10.7. The third-order valence-electron chi connectivity index (χ3n) is 7.56. The zero-order valence-electron chi connectivity index (χ0n) is 21.5. The fourth-order valence-electron chi connectivity index (χ4n) is 5.51. The smallest absolute Gasteiger partial charge is 0.410 e. The van der Waals surface area contributed by atoms with Crippen molar-refractivity contribution in [1.82, 2.24) is 4.90 Å². The van der Waals surface area contributed by atoms with Crippen LogP contribution in [0.15, 0.2) is 29.9 Å². The number of hydrogen-bond donors (Lipinski definition) is 2. The lowest BCUT2D eigenvalue weighted by molar-refractivity contribution is 0.0700. The van der Waals surface area contributed by atoms with E-state index in [4.69, 9.17) is 4.74 Å². The second-order valence-electron chi connectivity index (χ2n) is 10.4. The number of aromatic hydroxyl groups is 2. The van der Waals surface area contributed by atoms with Crippen molar-refractivity contribution in [3.8, 4) is 11.5 Å². The van der Waals surface area contributed by atoms with E-state index in [0.29, 0.717) is 11.1 Å². The summed E-state index contributed by atoms with van der Waals surface area (Å²) in [5, 5.41) is 22.7. The third-order valence-corrected chi connectivity index (χ3v) is 7.56. The van der Waals surface area contributed by atoms with Crippen LogP contribution in [0.4, 0.5) is 4.79 Å². The number of phenolic OH excluding ortho intramolecular Hbond substituents is 2. The molecule has 5 nitrogen and oxygen atoms in total. The lowest BCUT2D eigenvalue weighted by atomic mass is 9.73. The number of benzene rings is 1. The van der Waals surface area contributed by atoms with Crippen LogP contribution >= 0.6 is 0 Å². The standard InChI is InChI=1S/C29H43NO4/c1-6-7-8-11-21-17-26(31)27(24-16-20(4)14-15-23(24)19(2)3)28(32)25(21)18-30(5)29(33)34-22-12-9-10-13-22/h16-17,22-24,31-32H,2,6-15,18H2,1,3-5H3. The number of phenols is 2. The zero-order chi connectivity index (χ0) is 24.8. The summed E-state index contributed by atoms with van der Waals surface area (Å²) < 4.78 is 5.69. The number of allylic oxidation sites excluding steroid dienone is 3. The first-order valence-corrected chi connectivity index (χ1v) is 13.0. The molecule has 0 saturated heterocycles. The highest BCUT2D eigenvalue weighted by atomic mass is 16.6. The van der Waals surface area contributed by atoms with E-state index in [-0.39, 0.29) is 42.1 Å². The van der Waals surface area contributed by atoms with Crippen molar-refractivity contribution in [3.05, 3.63) is 46.6 Å². The minimum Gasteiger partial charge on any atom is -0.507 e. The molecule has 0 bridgehead atoms. The van der Waals surface area contributed by atoms with Gasteiger partial charge in [-0.25, -0.2) is 4.79 Å². The zero-order valence-corrected chi connectivity index (χ0v) is 21.5. The molecule has 3 rings (SSSR count). The Morgan fingerprint density at radius 2 is 1.91 bits per heavy atom. The van der Waals surface area contributed by atoms with Crippen molar-refractivity contribution in [3.63, 3.8) is 0 Å². The van der Waals surface area contributed by atoms with Crippen molar-refractivity contribution >= 4 is 6.09 Å². The van der Waals surface area contributed by atoms with Gasteiger partial charge in [-0.1, -0.05) is 43.6 Å². The number of hydrogen-bond acceptors (Lipinski definition) is 4. The molecule has 2 unspecified atom stereocenters. The first kappa shape index (κ1) is 26.2. The van der Waals surface area contributed by atoms with Gasteiger partial charge in [-0.15, -0.1) is 0 Å². The Morgan fingerprint density at radius 3 is 2.56 bits per heavy atom. The van der Waals surface area contributed by atoms with Crippen molar-refractivity contribution < 1.29 is 19.7 Å². The van der Waals surface area contributed by atoms with Crippen molar-refractivity contribution in [2.45, 2.75) is 104 Å². The number of rotatable bonds is 9. The van der Waals surface area contributed by atoms with Gasteiger partial charge in [-0.05, 0) is 82.8 Å². The lowest BCUT2D eigenvalue weighted by Crippen LogP contribution is -2.30. The number of unbranched alkanes of at least 4 members (excludes halogenated alkanes) is 2. The van der Waals surface area contributed by atoms with Gasteiger partial charge in [0.2, 0.25) is 0 Å². The Kier molecular flexibility index (Phi) is 9.10. The van der Waals surface area contributed by atoms with Crippen LogP contribution in [0, 0.1) is 5.92 Å². The Labute approximate surface area is 205 Å². The maximum Gasteiger partial charge on any atom is 0.410 e. The number of carbonyl (C=O) groups is 1. The molecule has 0 heterocycles. The first-order chi connectivity index (χ1) is 16.2. The van der Waals surface area contributed by atoms with Crippen LogP contribution in [0.25, 0.3) is 0 Å². The van der Waals surface area contributed by atoms with Gasteiger partial charge in [0.25, 0.3) is 0 Å². The van der Waals surface area contributed by atoms with Gasteiger partial charge >= 0.3 is 6.09 Å². The van der Waals surface area contributed by atoms with E-state index < -0.39 is 0 Å². The molecule has 5 heteroatoms. The van der Waals surface area contributed by atoms with Gasteiger partial charge in [0.15, 0.2) is 0 Å². The lowest BCUT2D eigenvalue weighted by Gasteiger charge is -2.32. The summed E-state index contributed by atoms with van der Waals surface area (Å²) in [4.78, 5) is 14.3. The van der Waals surface area contributed by atoms with Crippen LogP contribution in [0.1, 0.15) is 101 Å². The van der Waals surface area contributed by atoms with Gasteiger partial charge in [0.05, 0.1) is 6.54 Å². The molecule has 2 N–H and O–H groups in total. The minimum absolute atomic E-state index is 0.00498. The number of nitrogens with zero attached hydrogens (tertiary/aromatic N) is 1. The average molecular weight is 470 g/mol. The highest BCUT2D eigenvalue weighted by Crippen LogP contribution is 2.48. The van der Waals surface area contributed by atoms with Crippen LogP contribution in [0.2, 0.25) is 0 Å². The van der Waals surface area contributed by atoms with E-state index in [1.54, 1.807) is 11.9 Å². The molecule has 0 radical (unpaired) electrons. The largest absolute Gasteiger partial charge is 0.507 e. The molecule has 1 aromatic carbocycles. The molecule has 0 aliphatic heterocycles. The minimum atomic E-state index is -0.353. The number of carbonyl (C=O) groups excluding carboxylic acids is 1. The fraction of sp³-hybridized carbons (Fsp3) is 0.621. The molecular formula is C29H43NO4. The van der Waals surface area contributed by atoms with E-state index in [9.17, 15) is 15.0 Å². The molecule has 2 aliphatic rings. The van der Waals surface area contributed by atoms with Gasteiger partial charge in [-0.2, -0.15) is 0 Å². The summed E-state index contributed by atoms with van der Waals surface area (Å²) in [7, 11) is 1.72. The third kappa shape index (κ3) is 6.17. The molecular weight excluding hydrogens is 426 g/mol. The fourth-order valence-corrected chi connectivity index (χ4v) is 5.51. The number of ether oxygens (including phenoxy) is 1. The topological polar surface area (TPSA) is 70.0 Å². The monoisotopic (exact) mass is 469 g/mol. The SMILES string of the molecule is C=C(C)C1CCC(C)=CC1c1c(O)cc(CCCCC)c(CN(C)C(=O)OC2CCCC2)c1O. The van der Waals surface area contributed by atoms with Crippen LogP contribution in [0.3, 0.4) is 0 Å². The van der Waals surface area contributed by atoms with E-state index in [2.05, 4.69) is 26.5 Å². The van der Waals surface area contributed by atoms with Gasteiger partial charge in [0, 0.05) is 24.1 Å². The Balaban J connectivity index is 1.96. The molecule has 0 spiro atoms. The van der Waals surface area contributed by atoms with Gasteiger partial charge in [-0.3, -0.25) is 0 Å². The molecule has 1 saturated carbocycles. The van der Waals surface area contributed by atoms with Crippen LogP contribution in [0.5, 0.6) is 11.5 Å². The van der Waals surface area contributed by atoms with Crippen LogP contribution in [-0.2, 0) is 17.7 Å². The summed E-state index contributed by atoms with van der Waals surface area (Å²) in [5.74, 6) is 0.259. The highest BCUT2D eigenvalue weighted by molar-refractivity contribution is 5.68. The maximum absolute atomic E-state index is 12.8. The number of amides is 1. The highest BCUT2D eigenvalue weighted by Gasteiger charge is 2.32. The summed E-state index contributed by atoms with van der Waals surface area (Å²) in [5.41, 5.74) is 4.48. The molecule has 1 amide bonds. The van der Waals surface area contributed by atoms with E-state index in [1.165, 1.54) is 5.57 Å². The first-order valence-electron chi connectivity index (χ1n) is 13.0. The Bertz CT molecular complexity index is 913. The van der Waals surface area contributed by atoms with Crippen LogP contribution in [-0.4, -0.2) is 34.4 Å². The summed E-state index contributed by atoms with van der Waals surface area (Å²) >= 11 is 0. The van der Waals surface area contributed by atoms with Crippen LogP contribution < -0.4 is 0 Å². The van der Waals surface area contributed by atoms with Gasteiger partial charge < -0.3 is 19.8 Å². The van der Waals surface area contributed by atoms with Crippen molar-refractivity contribution in [1.29, 1.82) is 0 Å². The molecule has 188 valence electrons. The predicted octanol–water partition coefficient (Wildman–Crippen LogP) is 7.36. The average Bonchev–Trinajstić information content (AvgIpc) is 3.29. The van der Waals surface area contributed by atoms with Crippen molar-refractivity contribution in [2.75, 3.05) is 7.05 Å². The second kappa shape index (κ2) is 11.8. The molecule has 34 heavy (non-hydrogen) atoms. The molecule has 2 atom stereocenters.